The molecule has 0 amide bonds. The molecule has 0 aromatic carbocycles. The standard InChI is InChI=1S/C12H3F23O2/c13-1(36)2(14,15)3(16,17)4(18,19)5(20,21)6(22,23)7(24,25)8(26,27)9(28,29)10(30,31)11(32,33)12(34,35)37/h1,36-37H. The van der Waals surface area contributed by atoms with Gasteiger partial charge in [0.05, 0.1) is 0 Å². The van der Waals surface area contributed by atoms with Gasteiger partial charge in [-0.05, 0) is 0 Å². The van der Waals surface area contributed by atoms with Crippen LogP contribution in [0, 0.1) is 0 Å². The van der Waals surface area contributed by atoms with Crippen molar-refractivity contribution < 1.29 is 111 Å². The van der Waals surface area contributed by atoms with Crippen LogP contribution >= 0.6 is 0 Å². The van der Waals surface area contributed by atoms with Crippen molar-refractivity contribution in [1.82, 2.24) is 0 Å². The van der Waals surface area contributed by atoms with E-state index < -0.39 is 71.7 Å². The summed E-state index contributed by atoms with van der Waals surface area (Å²) in [4.78, 5) is 0. The Labute approximate surface area is 184 Å². The van der Waals surface area contributed by atoms with E-state index in [0.717, 1.165) is 0 Å². The van der Waals surface area contributed by atoms with Crippen molar-refractivity contribution in [2.45, 2.75) is 71.7 Å². The van der Waals surface area contributed by atoms with Gasteiger partial charge in [-0.25, -0.2) is 4.39 Å². The fourth-order valence-corrected chi connectivity index (χ4v) is 1.93. The lowest BCUT2D eigenvalue weighted by Gasteiger charge is -2.45. The van der Waals surface area contributed by atoms with Gasteiger partial charge in [-0.3, -0.25) is 0 Å². The van der Waals surface area contributed by atoms with Crippen molar-refractivity contribution in [1.29, 1.82) is 0 Å². The minimum Gasteiger partial charge on any atom is -0.359 e. The van der Waals surface area contributed by atoms with E-state index in [1.165, 1.54) is 0 Å². The van der Waals surface area contributed by atoms with E-state index in [4.69, 9.17) is 10.2 Å². The van der Waals surface area contributed by atoms with E-state index in [0.29, 0.717) is 0 Å². The first-order valence-electron chi connectivity index (χ1n) is 7.65. The Hall–Kier alpha value is -1.69. The summed E-state index contributed by atoms with van der Waals surface area (Å²) in [6, 6.07) is 0. The predicted molar refractivity (Wildman–Crippen MR) is 63.8 cm³/mol. The van der Waals surface area contributed by atoms with Gasteiger partial charge in [-0.2, -0.15) is 96.6 Å². The Morgan fingerprint density at radius 2 is 0.486 bits per heavy atom. The molecule has 37 heavy (non-hydrogen) atoms. The fourth-order valence-electron chi connectivity index (χ4n) is 1.93. The van der Waals surface area contributed by atoms with Crippen molar-refractivity contribution in [2.24, 2.45) is 0 Å². The summed E-state index contributed by atoms with van der Waals surface area (Å²) in [6.07, 6.45) is -13.4. The van der Waals surface area contributed by atoms with Crippen LogP contribution in [0.1, 0.15) is 0 Å². The Kier molecular flexibility index (Phi) is 8.02. The SMILES string of the molecule is OC(F)C(F)(F)C(F)(F)C(F)(F)C(F)(F)C(F)(F)C(F)(F)C(F)(F)C(F)(F)C(F)(F)C(F)(F)C(O)(F)F. The van der Waals surface area contributed by atoms with Crippen LogP contribution in [0.5, 0.6) is 0 Å². The summed E-state index contributed by atoms with van der Waals surface area (Å²) in [5.74, 6) is -89.4. The molecule has 1 unspecified atom stereocenters. The largest absolute Gasteiger partial charge is 0.423 e. The van der Waals surface area contributed by atoms with Crippen LogP contribution in [0.15, 0.2) is 0 Å². The minimum absolute atomic E-state index is 5.76. The highest BCUT2D eigenvalue weighted by atomic mass is 19.4. The number of halogens is 23. The van der Waals surface area contributed by atoms with Gasteiger partial charge < -0.3 is 10.2 Å². The number of rotatable bonds is 11. The smallest absolute Gasteiger partial charge is 0.359 e. The second-order valence-corrected chi connectivity index (χ2v) is 6.67. The van der Waals surface area contributed by atoms with E-state index in [1.54, 1.807) is 0 Å². The number of aliphatic hydroxyl groups is 2. The second kappa shape index (κ2) is 8.40. The van der Waals surface area contributed by atoms with Crippen LogP contribution in [0.4, 0.5) is 101 Å². The van der Waals surface area contributed by atoms with Crippen LogP contribution in [0.2, 0.25) is 0 Å². The third-order valence-electron chi connectivity index (χ3n) is 4.25. The van der Waals surface area contributed by atoms with E-state index in [1.807, 2.05) is 0 Å². The summed E-state index contributed by atoms with van der Waals surface area (Å²) in [6.45, 7) is 0. The molecular weight excluding hydrogens is 613 g/mol. The maximum Gasteiger partial charge on any atom is 0.423 e. The number of aliphatic hydroxyl groups excluding tert-OH is 1. The molecule has 0 aromatic rings. The van der Waals surface area contributed by atoms with E-state index in [2.05, 4.69) is 0 Å². The third kappa shape index (κ3) is 4.03. The molecule has 0 rings (SSSR count). The topological polar surface area (TPSA) is 40.5 Å². The molecule has 224 valence electrons. The molecule has 0 aromatic heterocycles. The van der Waals surface area contributed by atoms with E-state index in [9.17, 15) is 101 Å². The first-order chi connectivity index (χ1) is 15.4. The van der Waals surface area contributed by atoms with Crippen molar-refractivity contribution in [3.63, 3.8) is 0 Å². The molecular formula is C12H3F23O2. The first-order valence-corrected chi connectivity index (χ1v) is 7.65. The van der Waals surface area contributed by atoms with Gasteiger partial charge in [0, 0.05) is 0 Å². The number of alkyl halides is 23. The van der Waals surface area contributed by atoms with Gasteiger partial charge in [0.25, 0.3) is 6.36 Å². The Morgan fingerprint density at radius 3 is 0.649 bits per heavy atom. The molecule has 1 atom stereocenters. The second-order valence-electron chi connectivity index (χ2n) is 6.67. The van der Waals surface area contributed by atoms with Crippen LogP contribution in [0.3, 0.4) is 0 Å². The van der Waals surface area contributed by atoms with Crippen LogP contribution in [-0.2, 0) is 0 Å². The molecule has 0 radical (unpaired) electrons. The molecule has 0 saturated heterocycles. The van der Waals surface area contributed by atoms with Gasteiger partial charge in [0.2, 0.25) is 0 Å². The van der Waals surface area contributed by atoms with Crippen molar-refractivity contribution in [2.75, 3.05) is 0 Å². The molecule has 0 fully saturated rings. The van der Waals surface area contributed by atoms with Gasteiger partial charge in [-0.1, -0.05) is 0 Å². The van der Waals surface area contributed by atoms with Crippen LogP contribution in [0.25, 0.3) is 0 Å². The minimum atomic E-state index is -9.47. The monoisotopic (exact) mass is 616 g/mol. The maximum absolute atomic E-state index is 13.4. The molecule has 25 heteroatoms. The predicted octanol–water partition coefficient (Wildman–Crippen LogP) is 6.21. The van der Waals surface area contributed by atoms with E-state index >= 15 is 0 Å². The normalized spacial score (nSPS) is 17.8. The van der Waals surface area contributed by atoms with Crippen LogP contribution < -0.4 is 0 Å². The summed E-state index contributed by atoms with van der Waals surface area (Å²) < 4.78 is 299. The van der Waals surface area contributed by atoms with Gasteiger partial charge in [0.1, 0.15) is 0 Å². The van der Waals surface area contributed by atoms with Gasteiger partial charge in [0.15, 0.2) is 0 Å². The summed E-state index contributed by atoms with van der Waals surface area (Å²) in [7, 11) is 0. The highest BCUT2D eigenvalue weighted by Crippen LogP contribution is 2.67. The molecule has 0 saturated carbocycles. The molecule has 0 aliphatic heterocycles. The molecule has 0 spiro atoms. The lowest BCUT2D eigenvalue weighted by atomic mass is 9.85. The van der Waals surface area contributed by atoms with Crippen molar-refractivity contribution in [3.8, 4) is 0 Å². The average Bonchev–Trinajstić information content (AvgIpc) is 2.65. The molecule has 0 bridgehead atoms. The van der Waals surface area contributed by atoms with Gasteiger partial charge >= 0.3 is 65.3 Å². The lowest BCUT2D eigenvalue weighted by Crippen LogP contribution is -2.78. The van der Waals surface area contributed by atoms with Gasteiger partial charge in [-0.15, -0.1) is 0 Å². The van der Waals surface area contributed by atoms with E-state index in [-0.39, 0.29) is 0 Å². The highest BCUT2D eigenvalue weighted by Gasteiger charge is 2.98. The number of hydrogen-bond acceptors (Lipinski definition) is 2. The molecule has 0 aliphatic carbocycles. The summed E-state index contributed by atoms with van der Waals surface area (Å²) >= 11 is 0. The zero-order chi connectivity index (χ0) is 31.1. The highest BCUT2D eigenvalue weighted by molar-refractivity contribution is 5.19. The zero-order valence-electron chi connectivity index (χ0n) is 15.7. The maximum atomic E-state index is 13.4. The number of hydrogen-bond donors (Lipinski definition) is 2. The summed E-state index contributed by atoms with van der Waals surface area (Å²) in [5, 5.41) is 15.0. The molecule has 2 nitrogen and oxygen atoms in total. The molecule has 2 N–H and O–H groups in total. The zero-order valence-corrected chi connectivity index (χ0v) is 15.7. The first kappa shape index (κ1) is 35.3. The Bertz CT molecular complexity index is 835. The average molecular weight is 616 g/mol. The summed E-state index contributed by atoms with van der Waals surface area (Å²) in [5.41, 5.74) is 0. The Balaban J connectivity index is 7.22. The van der Waals surface area contributed by atoms with Crippen molar-refractivity contribution in [3.05, 3.63) is 0 Å². The van der Waals surface area contributed by atoms with Crippen molar-refractivity contribution >= 4 is 0 Å². The Morgan fingerprint density at radius 1 is 0.324 bits per heavy atom. The lowest BCUT2D eigenvalue weighted by molar-refractivity contribution is -0.484. The van der Waals surface area contributed by atoms with Crippen LogP contribution in [-0.4, -0.2) is 81.9 Å². The molecule has 0 aliphatic rings. The third-order valence-corrected chi connectivity index (χ3v) is 4.25. The molecule has 0 heterocycles. The fraction of sp³-hybridized carbons (Fsp3) is 1.00. The quantitative estimate of drug-likeness (QED) is 0.271.